The minimum atomic E-state index is 0.239. The molecular weight excluding hydrogens is 268 g/mol. The summed E-state index contributed by atoms with van der Waals surface area (Å²) in [6, 6.07) is 5.80. The van der Waals surface area contributed by atoms with Gasteiger partial charge in [-0.05, 0) is 37.5 Å². The smallest absolute Gasteiger partial charge is 0.106 e. The topological polar surface area (TPSA) is 47.3 Å². The second-order valence-electron chi connectivity index (χ2n) is 4.51. The molecule has 0 bridgehead atoms. The molecule has 3 N–H and O–H groups in total. The molecule has 0 aliphatic heterocycles. The molecule has 1 aromatic carbocycles. The molecule has 1 aliphatic rings. The van der Waals surface area contributed by atoms with Crippen LogP contribution in [-0.4, -0.2) is 24.2 Å². The molecule has 0 radical (unpaired) electrons. The lowest BCUT2D eigenvalue weighted by atomic mass is 10.1. The molecule has 2 atom stereocenters. The maximum atomic E-state index is 6.02. The second kappa shape index (κ2) is 5.87. The van der Waals surface area contributed by atoms with Crippen LogP contribution in [0.3, 0.4) is 0 Å². The van der Waals surface area contributed by atoms with E-state index in [1.165, 1.54) is 6.42 Å². The molecule has 0 spiro atoms. The van der Waals surface area contributed by atoms with Gasteiger partial charge in [0.25, 0.3) is 0 Å². The number of halogens is 1. The number of nitrogens with two attached hydrogens (primary N) is 1. The van der Waals surface area contributed by atoms with Crippen LogP contribution in [0.25, 0.3) is 0 Å². The standard InChI is InChI=1S/C13H17ClN2OS/c1-17-12-4-2-3-10(12)16-11-7-8(14)5-6-9(11)13(15)18/h5-7,10,12,16H,2-4H2,1H3,(H2,15,18). The van der Waals surface area contributed by atoms with E-state index in [9.17, 15) is 0 Å². The van der Waals surface area contributed by atoms with Crippen LogP contribution in [0.1, 0.15) is 24.8 Å². The lowest BCUT2D eigenvalue weighted by molar-refractivity contribution is 0.101. The first-order valence-corrected chi connectivity index (χ1v) is 6.79. The van der Waals surface area contributed by atoms with E-state index in [1.54, 1.807) is 13.2 Å². The molecule has 1 fully saturated rings. The summed E-state index contributed by atoms with van der Waals surface area (Å²) in [4.78, 5) is 0.376. The number of hydrogen-bond acceptors (Lipinski definition) is 3. The van der Waals surface area contributed by atoms with Crippen molar-refractivity contribution in [3.8, 4) is 0 Å². The van der Waals surface area contributed by atoms with Crippen molar-refractivity contribution in [2.24, 2.45) is 5.73 Å². The normalized spacial score (nSPS) is 23.0. The number of anilines is 1. The molecule has 2 rings (SSSR count). The van der Waals surface area contributed by atoms with E-state index in [1.807, 2.05) is 12.1 Å². The van der Waals surface area contributed by atoms with Crippen LogP contribution >= 0.6 is 23.8 Å². The molecule has 18 heavy (non-hydrogen) atoms. The van der Waals surface area contributed by atoms with Crippen molar-refractivity contribution >= 4 is 34.5 Å². The highest BCUT2D eigenvalue weighted by atomic mass is 35.5. The van der Waals surface area contributed by atoms with E-state index < -0.39 is 0 Å². The maximum Gasteiger partial charge on any atom is 0.106 e. The van der Waals surface area contributed by atoms with Gasteiger partial charge in [-0.25, -0.2) is 0 Å². The van der Waals surface area contributed by atoms with Gasteiger partial charge in [0.1, 0.15) is 4.99 Å². The Balaban J connectivity index is 2.22. The minimum Gasteiger partial charge on any atom is -0.389 e. The third-order valence-corrected chi connectivity index (χ3v) is 3.80. The molecule has 2 unspecified atom stereocenters. The van der Waals surface area contributed by atoms with Gasteiger partial charge in [-0.15, -0.1) is 0 Å². The van der Waals surface area contributed by atoms with Crippen LogP contribution in [0.2, 0.25) is 5.02 Å². The van der Waals surface area contributed by atoms with Gasteiger partial charge in [0.15, 0.2) is 0 Å². The summed E-state index contributed by atoms with van der Waals surface area (Å²) >= 11 is 11.1. The van der Waals surface area contributed by atoms with Crippen molar-refractivity contribution in [3.63, 3.8) is 0 Å². The summed E-state index contributed by atoms with van der Waals surface area (Å²) in [6.45, 7) is 0. The zero-order valence-corrected chi connectivity index (χ0v) is 11.9. The fraction of sp³-hybridized carbons (Fsp3) is 0.462. The summed E-state index contributed by atoms with van der Waals surface area (Å²) in [6.07, 6.45) is 3.57. The van der Waals surface area contributed by atoms with Gasteiger partial charge in [0.2, 0.25) is 0 Å². The Morgan fingerprint density at radius 2 is 2.28 bits per heavy atom. The number of benzene rings is 1. The van der Waals surface area contributed by atoms with Gasteiger partial charge in [-0.2, -0.15) is 0 Å². The number of nitrogens with one attached hydrogen (secondary N) is 1. The van der Waals surface area contributed by atoms with Gasteiger partial charge in [0.05, 0.1) is 12.1 Å². The summed E-state index contributed by atoms with van der Waals surface area (Å²) in [5, 5.41) is 4.13. The molecule has 1 aromatic rings. The summed E-state index contributed by atoms with van der Waals surface area (Å²) in [5.74, 6) is 0. The molecule has 5 heteroatoms. The lowest BCUT2D eigenvalue weighted by Crippen LogP contribution is -2.30. The van der Waals surface area contributed by atoms with Gasteiger partial charge >= 0.3 is 0 Å². The SMILES string of the molecule is COC1CCCC1Nc1cc(Cl)ccc1C(N)=S. The maximum absolute atomic E-state index is 6.02. The number of thiocarbonyl (C=S) groups is 1. The van der Waals surface area contributed by atoms with Crippen molar-refractivity contribution in [1.29, 1.82) is 0 Å². The number of rotatable bonds is 4. The summed E-state index contributed by atoms with van der Waals surface area (Å²) in [7, 11) is 1.75. The summed E-state index contributed by atoms with van der Waals surface area (Å²) in [5.41, 5.74) is 7.45. The van der Waals surface area contributed by atoms with Crippen LogP contribution in [0.4, 0.5) is 5.69 Å². The van der Waals surface area contributed by atoms with E-state index in [-0.39, 0.29) is 6.10 Å². The van der Waals surface area contributed by atoms with E-state index in [0.717, 1.165) is 24.1 Å². The van der Waals surface area contributed by atoms with E-state index >= 15 is 0 Å². The van der Waals surface area contributed by atoms with Gasteiger partial charge in [-0.1, -0.05) is 23.8 Å². The lowest BCUT2D eigenvalue weighted by Gasteiger charge is -2.22. The van der Waals surface area contributed by atoms with Crippen molar-refractivity contribution in [2.75, 3.05) is 12.4 Å². The highest BCUT2D eigenvalue weighted by Crippen LogP contribution is 2.28. The Kier molecular flexibility index (Phi) is 4.43. The largest absolute Gasteiger partial charge is 0.389 e. The number of hydrogen-bond donors (Lipinski definition) is 2. The van der Waals surface area contributed by atoms with Crippen LogP contribution in [-0.2, 0) is 4.74 Å². The van der Waals surface area contributed by atoms with E-state index in [0.29, 0.717) is 16.1 Å². The minimum absolute atomic E-state index is 0.239. The van der Waals surface area contributed by atoms with Crippen LogP contribution in [0.15, 0.2) is 18.2 Å². The van der Waals surface area contributed by atoms with Crippen molar-refractivity contribution in [2.45, 2.75) is 31.4 Å². The van der Waals surface area contributed by atoms with Crippen LogP contribution < -0.4 is 11.1 Å². The first-order chi connectivity index (χ1) is 8.61. The van der Waals surface area contributed by atoms with Crippen LogP contribution in [0.5, 0.6) is 0 Å². The third kappa shape index (κ3) is 2.94. The second-order valence-corrected chi connectivity index (χ2v) is 5.39. The first-order valence-electron chi connectivity index (χ1n) is 6.00. The monoisotopic (exact) mass is 284 g/mol. The molecule has 3 nitrogen and oxygen atoms in total. The zero-order chi connectivity index (χ0) is 13.1. The van der Waals surface area contributed by atoms with Gasteiger partial charge in [0, 0.05) is 23.4 Å². The average Bonchev–Trinajstić information content (AvgIpc) is 2.76. The fourth-order valence-electron chi connectivity index (χ4n) is 2.42. The van der Waals surface area contributed by atoms with Crippen LogP contribution in [0, 0.1) is 0 Å². The Labute approximate surface area is 118 Å². The zero-order valence-electron chi connectivity index (χ0n) is 10.3. The van der Waals surface area contributed by atoms with Gasteiger partial charge < -0.3 is 15.8 Å². The molecule has 0 amide bonds. The number of ether oxygens (including phenoxy) is 1. The third-order valence-electron chi connectivity index (χ3n) is 3.34. The molecule has 1 saturated carbocycles. The molecular formula is C13H17ClN2OS. The first kappa shape index (κ1) is 13.6. The van der Waals surface area contributed by atoms with Gasteiger partial charge in [-0.3, -0.25) is 0 Å². The molecule has 1 aliphatic carbocycles. The van der Waals surface area contributed by atoms with Crippen molar-refractivity contribution in [3.05, 3.63) is 28.8 Å². The predicted molar refractivity (Wildman–Crippen MR) is 79.4 cm³/mol. The predicted octanol–water partition coefficient (Wildman–Crippen LogP) is 2.95. The molecule has 0 heterocycles. The summed E-state index contributed by atoms with van der Waals surface area (Å²) < 4.78 is 5.47. The highest BCUT2D eigenvalue weighted by Gasteiger charge is 2.27. The average molecular weight is 285 g/mol. The Morgan fingerprint density at radius 3 is 2.94 bits per heavy atom. The van der Waals surface area contributed by atoms with E-state index in [4.69, 9.17) is 34.3 Å². The fourth-order valence-corrected chi connectivity index (χ4v) is 2.77. The molecule has 0 aromatic heterocycles. The molecule has 0 saturated heterocycles. The highest BCUT2D eigenvalue weighted by molar-refractivity contribution is 7.80. The Bertz CT molecular complexity index is 453. The Hall–Kier alpha value is -0.840. The Morgan fingerprint density at radius 1 is 1.50 bits per heavy atom. The number of methoxy groups -OCH3 is 1. The quantitative estimate of drug-likeness (QED) is 0.835. The van der Waals surface area contributed by atoms with Crippen molar-refractivity contribution in [1.82, 2.24) is 0 Å². The molecule has 98 valence electrons. The van der Waals surface area contributed by atoms with E-state index in [2.05, 4.69) is 5.32 Å². The van der Waals surface area contributed by atoms with Crippen molar-refractivity contribution < 1.29 is 4.74 Å².